The number of hydrogen-bond acceptors (Lipinski definition) is 8. The Morgan fingerprint density at radius 1 is 1.03 bits per heavy atom. The van der Waals surface area contributed by atoms with E-state index >= 15 is 0 Å². The van der Waals surface area contributed by atoms with Gasteiger partial charge in [0.15, 0.2) is 5.71 Å². The van der Waals surface area contributed by atoms with Crippen molar-refractivity contribution < 1.29 is 43.5 Å². The van der Waals surface area contributed by atoms with E-state index in [2.05, 4.69) is 5.32 Å². The van der Waals surface area contributed by atoms with E-state index in [0.717, 1.165) is 11.8 Å². The van der Waals surface area contributed by atoms with Crippen molar-refractivity contribution in [3.05, 3.63) is 60.3 Å². The first-order valence-electron chi connectivity index (χ1n) is 10.2. The molecule has 0 aromatic heterocycles. The molecule has 0 unspecified atom stereocenters. The van der Waals surface area contributed by atoms with Crippen LogP contribution in [0.25, 0.3) is 0 Å². The van der Waals surface area contributed by atoms with Gasteiger partial charge in [0, 0.05) is 29.9 Å². The van der Waals surface area contributed by atoms with Gasteiger partial charge in [0.2, 0.25) is 5.69 Å². The third-order valence-electron chi connectivity index (χ3n) is 5.54. The molecule has 0 bridgehead atoms. The molecule has 1 heterocycles. The predicted molar refractivity (Wildman–Crippen MR) is 127 cm³/mol. The number of hydrogen-bond donors (Lipinski definition) is 3. The Balaban J connectivity index is 2.23. The fourth-order valence-electron chi connectivity index (χ4n) is 3.96. The molecule has 0 aliphatic carbocycles. The van der Waals surface area contributed by atoms with Gasteiger partial charge in [-0.25, -0.2) is 8.42 Å². The van der Waals surface area contributed by atoms with Gasteiger partial charge in [0.05, 0.1) is 16.1 Å². The molecule has 2 aromatic rings. The van der Waals surface area contributed by atoms with Crippen LogP contribution in [0.3, 0.4) is 0 Å². The number of para-hydroxylation sites is 1. The molecule has 3 N–H and O–H groups in total. The number of nitrogens with one attached hydrogen (secondary N) is 1. The van der Waals surface area contributed by atoms with Gasteiger partial charge in [-0.1, -0.05) is 18.2 Å². The molecule has 14 heteroatoms. The maximum atomic E-state index is 12.1. The highest BCUT2D eigenvalue weighted by Crippen LogP contribution is 2.45. The zero-order valence-corrected chi connectivity index (χ0v) is 21.2. The van der Waals surface area contributed by atoms with E-state index in [1.54, 1.807) is 38.3 Å². The van der Waals surface area contributed by atoms with E-state index < -0.39 is 51.3 Å². The van der Waals surface area contributed by atoms with Crippen LogP contribution in [0.2, 0.25) is 0 Å². The summed E-state index contributed by atoms with van der Waals surface area (Å²) in [6.45, 7) is 3.20. The summed E-state index contributed by atoms with van der Waals surface area (Å²) in [4.78, 5) is -1.63. The van der Waals surface area contributed by atoms with Gasteiger partial charge in [-0.05, 0) is 38.1 Å². The highest BCUT2D eigenvalue weighted by molar-refractivity contribution is 7.86. The Morgan fingerprint density at radius 3 is 2.20 bits per heavy atom. The normalized spacial score (nSPS) is 16.0. The van der Waals surface area contributed by atoms with Crippen molar-refractivity contribution in [2.45, 2.75) is 35.5 Å². The standard InChI is InChI=1S/C21H24N2O9S3/c1-21(2)17-13-16(34(27,28)29)14-18(35(30,31)32)20(17)23(11-6-12-33(24,25)26)19(21)9-10-22-15-7-4-3-5-8-15/h3-5,7-10,13-14H,6,11-12H2,1-2H3,(H3,24,25,26,27,28,29,30,31,32). The first-order valence-corrected chi connectivity index (χ1v) is 14.7. The number of allylic oxidation sites excluding steroid dienone is 1. The molecule has 0 amide bonds. The monoisotopic (exact) mass is 544 g/mol. The van der Waals surface area contributed by atoms with E-state index in [0.29, 0.717) is 11.8 Å². The largest absolute Gasteiger partial charge is 0.744 e. The minimum atomic E-state index is -5.22. The molecule has 0 fully saturated rings. The highest BCUT2D eigenvalue weighted by atomic mass is 32.2. The van der Waals surface area contributed by atoms with Crippen molar-refractivity contribution in [2.24, 2.45) is 0 Å². The molecule has 2 aromatic carbocycles. The lowest BCUT2D eigenvalue weighted by Crippen LogP contribution is -2.28. The van der Waals surface area contributed by atoms with Crippen LogP contribution in [0.4, 0.5) is 11.4 Å². The van der Waals surface area contributed by atoms with Crippen LogP contribution < -0.4 is 5.32 Å². The maximum Gasteiger partial charge on any atom is 0.294 e. The van der Waals surface area contributed by atoms with Gasteiger partial charge in [-0.15, -0.1) is 0 Å². The van der Waals surface area contributed by atoms with E-state index in [9.17, 15) is 34.4 Å². The van der Waals surface area contributed by atoms with Gasteiger partial charge in [0.1, 0.15) is 21.6 Å². The van der Waals surface area contributed by atoms with Gasteiger partial charge in [-0.2, -0.15) is 21.4 Å². The SMILES string of the molecule is CC1(C)C(/C=C/Nc2ccccc2)=[N+](CCCS(=O)(=O)O)c2c1cc(S(=O)(=O)O)cc2S(=O)(=O)[O-]. The van der Waals surface area contributed by atoms with E-state index in [1.807, 2.05) is 18.2 Å². The Labute approximate surface area is 204 Å². The van der Waals surface area contributed by atoms with Crippen molar-refractivity contribution >= 4 is 47.4 Å². The predicted octanol–water partition coefficient (Wildman–Crippen LogP) is 2.12. The second-order valence-corrected chi connectivity index (χ2v) is 12.7. The van der Waals surface area contributed by atoms with Gasteiger partial charge in [-0.3, -0.25) is 9.11 Å². The molecular weight excluding hydrogens is 520 g/mol. The van der Waals surface area contributed by atoms with Crippen LogP contribution in [-0.4, -0.2) is 61.5 Å². The summed E-state index contributed by atoms with van der Waals surface area (Å²) in [6.07, 6.45) is 3.02. The van der Waals surface area contributed by atoms with Crippen molar-refractivity contribution in [3.8, 4) is 0 Å². The Morgan fingerprint density at radius 2 is 1.66 bits per heavy atom. The lowest BCUT2D eigenvalue weighted by Gasteiger charge is -2.17. The number of anilines is 1. The smallest absolute Gasteiger partial charge is 0.294 e. The van der Waals surface area contributed by atoms with Crippen LogP contribution in [0.5, 0.6) is 0 Å². The van der Waals surface area contributed by atoms with Crippen molar-refractivity contribution in [1.29, 1.82) is 0 Å². The van der Waals surface area contributed by atoms with Crippen molar-refractivity contribution in [1.82, 2.24) is 0 Å². The first-order chi connectivity index (χ1) is 16.0. The number of rotatable bonds is 9. The molecule has 1 aliphatic heterocycles. The summed E-state index contributed by atoms with van der Waals surface area (Å²) in [6, 6.07) is 10.7. The molecule has 0 radical (unpaired) electrons. The molecule has 0 spiro atoms. The second-order valence-electron chi connectivity index (χ2n) is 8.39. The van der Waals surface area contributed by atoms with Crippen LogP contribution in [-0.2, 0) is 35.8 Å². The van der Waals surface area contributed by atoms with Crippen molar-refractivity contribution in [2.75, 3.05) is 17.6 Å². The minimum absolute atomic E-state index is 0.116. The lowest BCUT2D eigenvalue weighted by atomic mass is 9.81. The average Bonchev–Trinajstić information content (AvgIpc) is 2.93. The van der Waals surface area contributed by atoms with Gasteiger partial charge >= 0.3 is 0 Å². The summed E-state index contributed by atoms with van der Waals surface area (Å²) in [5.74, 6) is -0.624. The Kier molecular flexibility index (Phi) is 7.28. The third kappa shape index (κ3) is 6.15. The van der Waals surface area contributed by atoms with E-state index in [4.69, 9.17) is 4.55 Å². The number of nitrogens with zero attached hydrogens (tertiary/aromatic N) is 1. The molecule has 11 nitrogen and oxygen atoms in total. The summed E-state index contributed by atoms with van der Waals surface area (Å²) in [7, 11) is -14.4. The molecule has 1 aliphatic rings. The fraction of sp³-hybridized carbons (Fsp3) is 0.286. The van der Waals surface area contributed by atoms with E-state index in [1.165, 1.54) is 4.58 Å². The van der Waals surface area contributed by atoms with Gasteiger partial charge in [0.25, 0.3) is 20.2 Å². The molecule has 0 saturated carbocycles. The zero-order chi connectivity index (χ0) is 26.2. The highest BCUT2D eigenvalue weighted by Gasteiger charge is 2.47. The first kappa shape index (κ1) is 27.0. The third-order valence-corrected chi connectivity index (χ3v) is 8.02. The molecule has 190 valence electrons. The average molecular weight is 545 g/mol. The fourth-order valence-corrected chi connectivity index (χ4v) is 5.79. The summed E-state index contributed by atoms with van der Waals surface area (Å²) < 4.78 is 103. The number of benzene rings is 2. The molecule has 3 rings (SSSR count). The molecule has 0 atom stereocenters. The van der Waals surface area contributed by atoms with Crippen LogP contribution >= 0.6 is 0 Å². The van der Waals surface area contributed by atoms with Crippen LogP contribution in [0.1, 0.15) is 25.8 Å². The zero-order valence-electron chi connectivity index (χ0n) is 18.7. The molecular formula is C21H24N2O9S3. The van der Waals surface area contributed by atoms with Crippen LogP contribution in [0.15, 0.2) is 64.5 Å². The Bertz CT molecular complexity index is 1530. The topological polar surface area (TPSA) is 181 Å². The number of fused-ring (bicyclic) bond motifs is 1. The Hall–Kier alpha value is -2.62. The quantitative estimate of drug-likeness (QED) is 0.312. The van der Waals surface area contributed by atoms with Crippen molar-refractivity contribution in [3.63, 3.8) is 0 Å². The minimum Gasteiger partial charge on any atom is -0.744 e. The summed E-state index contributed by atoms with van der Waals surface area (Å²) in [5, 5.41) is 3.04. The van der Waals surface area contributed by atoms with Gasteiger partial charge < -0.3 is 9.87 Å². The maximum absolute atomic E-state index is 12.1. The summed E-state index contributed by atoms with van der Waals surface area (Å²) in [5.41, 5.74) is 0.110. The van der Waals surface area contributed by atoms with E-state index in [-0.39, 0.29) is 24.2 Å². The molecule has 0 saturated heterocycles. The second kappa shape index (κ2) is 9.44. The van der Waals surface area contributed by atoms with Crippen LogP contribution in [0, 0.1) is 0 Å². The lowest BCUT2D eigenvalue weighted by molar-refractivity contribution is -0.440. The molecule has 35 heavy (non-hydrogen) atoms. The summed E-state index contributed by atoms with van der Waals surface area (Å²) >= 11 is 0.